The molecular formula is C11H15F3N2O3. The van der Waals surface area contributed by atoms with Crippen molar-refractivity contribution in [3.63, 3.8) is 0 Å². The van der Waals surface area contributed by atoms with Crippen LogP contribution in [0.4, 0.5) is 13.2 Å². The van der Waals surface area contributed by atoms with Crippen LogP contribution < -0.4 is 0 Å². The number of ether oxygens (including phenoxy) is 2. The van der Waals surface area contributed by atoms with E-state index in [9.17, 15) is 18.0 Å². The summed E-state index contributed by atoms with van der Waals surface area (Å²) in [5.74, 6) is -0.470. The Morgan fingerprint density at radius 2 is 2.21 bits per heavy atom. The topological polar surface area (TPSA) is 53.3 Å². The molecule has 0 unspecified atom stereocenters. The molecule has 0 bridgehead atoms. The molecule has 0 aliphatic heterocycles. The van der Waals surface area contributed by atoms with Gasteiger partial charge in [-0.1, -0.05) is 0 Å². The van der Waals surface area contributed by atoms with Gasteiger partial charge in [-0.2, -0.15) is 18.3 Å². The Morgan fingerprint density at radius 3 is 2.84 bits per heavy atom. The van der Waals surface area contributed by atoms with Crippen LogP contribution in [0.15, 0.2) is 12.4 Å². The first-order chi connectivity index (χ1) is 8.92. The molecule has 0 fully saturated rings. The monoisotopic (exact) mass is 280 g/mol. The SMILES string of the molecule is CCOC(=O)c1cnn(CCCOCC(F)(F)F)c1. The molecule has 0 aromatic carbocycles. The molecule has 0 saturated heterocycles. The number of alkyl halides is 3. The lowest BCUT2D eigenvalue weighted by Crippen LogP contribution is -2.17. The van der Waals surface area contributed by atoms with E-state index in [1.807, 2.05) is 0 Å². The van der Waals surface area contributed by atoms with E-state index in [-0.39, 0.29) is 13.2 Å². The van der Waals surface area contributed by atoms with E-state index in [0.29, 0.717) is 18.5 Å². The molecule has 0 atom stereocenters. The minimum atomic E-state index is -4.30. The van der Waals surface area contributed by atoms with Gasteiger partial charge >= 0.3 is 12.1 Å². The molecule has 0 N–H and O–H groups in total. The van der Waals surface area contributed by atoms with Crippen LogP contribution in [0, 0.1) is 0 Å². The van der Waals surface area contributed by atoms with Crippen molar-refractivity contribution < 1.29 is 27.4 Å². The Kier molecular flexibility index (Phi) is 5.81. The summed E-state index contributed by atoms with van der Waals surface area (Å²) < 4.78 is 46.0. The fourth-order valence-corrected chi connectivity index (χ4v) is 1.32. The molecule has 0 aliphatic rings. The third-order valence-corrected chi connectivity index (χ3v) is 2.09. The first kappa shape index (κ1) is 15.5. The molecule has 8 heteroatoms. The molecule has 5 nitrogen and oxygen atoms in total. The molecule has 1 heterocycles. The Labute approximate surface area is 108 Å². The van der Waals surface area contributed by atoms with Crippen molar-refractivity contribution in [2.24, 2.45) is 0 Å². The zero-order chi connectivity index (χ0) is 14.3. The van der Waals surface area contributed by atoms with Crippen molar-refractivity contribution in [3.05, 3.63) is 18.0 Å². The fraction of sp³-hybridized carbons (Fsp3) is 0.636. The second-order valence-electron chi connectivity index (χ2n) is 3.73. The largest absolute Gasteiger partial charge is 0.462 e. The summed E-state index contributed by atoms with van der Waals surface area (Å²) in [6.07, 6.45) is -1.08. The van der Waals surface area contributed by atoms with Crippen molar-refractivity contribution in [2.45, 2.75) is 26.1 Å². The summed E-state index contributed by atoms with van der Waals surface area (Å²) in [6, 6.07) is 0. The number of halogens is 3. The first-order valence-corrected chi connectivity index (χ1v) is 5.76. The number of rotatable bonds is 7. The predicted molar refractivity (Wildman–Crippen MR) is 59.7 cm³/mol. The van der Waals surface area contributed by atoms with Crippen LogP contribution in [0.2, 0.25) is 0 Å². The fourth-order valence-electron chi connectivity index (χ4n) is 1.32. The molecule has 1 rings (SSSR count). The first-order valence-electron chi connectivity index (χ1n) is 5.76. The van der Waals surface area contributed by atoms with Crippen LogP contribution in [0.3, 0.4) is 0 Å². The lowest BCUT2D eigenvalue weighted by Gasteiger charge is -2.07. The number of aryl methyl sites for hydroxylation is 1. The lowest BCUT2D eigenvalue weighted by molar-refractivity contribution is -0.174. The molecule has 19 heavy (non-hydrogen) atoms. The maximum Gasteiger partial charge on any atom is 0.411 e. The Morgan fingerprint density at radius 1 is 1.47 bits per heavy atom. The number of carbonyl (C=O) groups is 1. The van der Waals surface area contributed by atoms with Crippen molar-refractivity contribution >= 4 is 5.97 Å². The van der Waals surface area contributed by atoms with Gasteiger partial charge < -0.3 is 9.47 Å². The highest BCUT2D eigenvalue weighted by Gasteiger charge is 2.27. The highest BCUT2D eigenvalue weighted by atomic mass is 19.4. The van der Waals surface area contributed by atoms with E-state index in [0.717, 1.165) is 0 Å². The second-order valence-corrected chi connectivity index (χ2v) is 3.73. The smallest absolute Gasteiger partial charge is 0.411 e. The van der Waals surface area contributed by atoms with E-state index in [2.05, 4.69) is 9.84 Å². The normalized spacial score (nSPS) is 11.6. The van der Waals surface area contributed by atoms with Gasteiger partial charge in [0, 0.05) is 19.3 Å². The summed E-state index contributed by atoms with van der Waals surface area (Å²) in [6.45, 7) is 1.07. The summed E-state index contributed by atoms with van der Waals surface area (Å²) in [7, 11) is 0. The number of carbonyl (C=O) groups excluding carboxylic acids is 1. The van der Waals surface area contributed by atoms with Crippen LogP contribution in [0.5, 0.6) is 0 Å². The summed E-state index contributed by atoms with van der Waals surface area (Å²) in [4.78, 5) is 11.3. The molecule has 0 aliphatic carbocycles. The molecule has 0 saturated carbocycles. The zero-order valence-corrected chi connectivity index (χ0v) is 10.4. The average molecular weight is 280 g/mol. The Balaban J connectivity index is 2.25. The van der Waals surface area contributed by atoms with Gasteiger partial charge in [-0.05, 0) is 13.3 Å². The van der Waals surface area contributed by atoms with Crippen molar-refractivity contribution in [2.75, 3.05) is 19.8 Å². The minimum Gasteiger partial charge on any atom is -0.462 e. The molecular weight excluding hydrogens is 265 g/mol. The summed E-state index contributed by atoms with van der Waals surface area (Å²) >= 11 is 0. The lowest BCUT2D eigenvalue weighted by atomic mass is 10.4. The van der Waals surface area contributed by atoms with Crippen LogP contribution in [-0.2, 0) is 16.0 Å². The maximum absolute atomic E-state index is 11.8. The summed E-state index contributed by atoms with van der Waals surface area (Å²) in [5.41, 5.74) is 0.318. The van der Waals surface area contributed by atoms with E-state index in [1.165, 1.54) is 17.1 Å². The van der Waals surface area contributed by atoms with Crippen LogP contribution >= 0.6 is 0 Å². The standard InChI is InChI=1S/C11H15F3N2O3/c1-2-19-10(17)9-6-15-16(7-9)4-3-5-18-8-11(12,13)14/h6-7H,2-5,8H2,1H3. The molecule has 108 valence electrons. The van der Waals surface area contributed by atoms with Gasteiger partial charge in [-0.3, -0.25) is 4.68 Å². The summed E-state index contributed by atoms with van der Waals surface area (Å²) in [5, 5.41) is 3.90. The van der Waals surface area contributed by atoms with E-state index in [1.54, 1.807) is 6.92 Å². The number of esters is 1. The minimum absolute atomic E-state index is 0.0197. The van der Waals surface area contributed by atoms with Gasteiger partial charge in [0.1, 0.15) is 6.61 Å². The molecule has 0 radical (unpaired) electrons. The zero-order valence-electron chi connectivity index (χ0n) is 10.4. The van der Waals surface area contributed by atoms with E-state index >= 15 is 0 Å². The van der Waals surface area contributed by atoms with Crippen molar-refractivity contribution in [1.29, 1.82) is 0 Å². The quantitative estimate of drug-likeness (QED) is 0.566. The van der Waals surface area contributed by atoms with Crippen LogP contribution in [0.25, 0.3) is 0 Å². The third kappa shape index (κ3) is 6.23. The number of aromatic nitrogens is 2. The van der Waals surface area contributed by atoms with E-state index in [4.69, 9.17) is 4.74 Å². The Bertz CT molecular complexity index is 404. The average Bonchev–Trinajstić information content (AvgIpc) is 2.76. The molecule has 1 aromatic heterocycles. The van der Waals surface area contributed by atoms with Gasteiger partial charge in [0.25, 0.3) is 0 Å². The van der Waals surface area contributed by atoms with Gasteiger partial charge in [0.2, 0.25) is 0 Å². The molecule has 0 amide bonds. The van der Waals surface area contributed by atoms with Crippen LogP contribution in [-0.4, -0.2) is 41.7 Å². The third-order valence-electron chi connectivity index (χ3n) is 2.09. The molecule has 0 spiro atoms. The van der Waals surface area contributed by atoms with Gasteiger partial charge in [-0.25, -0.2) is 4.79 Å². The van der Waals surface area contributed by atoms with Crippen LogP contribution in [0.1, 0.15) is 23.7 Å². The predicted octanol–water partition coefficient (Wildman–Crippen LogP) is 2.03. The number of hydrogen-bond donors (Lipinski definition) is 0. The second kappa shape index (κ2) is 7.13. The van der Waals surface area contributed by atoms with Crippen molar-refractivity contribution in [3.8, 4) is 0 Å². The Hall–Kier alpha value is -1.57. The van der Waals surface area contributed by atoms with E-state index < -0.39 is 18.8 Å². The molecule has 1 aromatic rings. The number of nitrogens with zero attached hydrogens (tertiary/aromatic N) is 2. The number of hydrogen-bond acceptors (Lipinski definition) is 4. The highest BCUT2D eigenvalue weighted by Crippen LogP contribution is 2.14. The van der Waals surface area contributed by atoms with Crippen molar-refractivity contribution in [1.82, 2.24) is 9.78 Å². The maximum atomic E-state index is 11.8. The van der Waals surface area contributed by atoms with Gasteiger partial charge in [0.15, 0.2) is 0 Å². The van der Waals surface area contributed by atoms with Gasteiger partial charge in [0.05, 0.1) is 18.4 Å². The highest BCUT2D eigenvalue weighted by molar-refractivity contribution is 5.88. The van der Waals surface area contributed by atoms with Gasteiger partial charge in [-0.15, -0.1) is 0 Å².